The second kappa shape index (κ2) is 4.04. The first kappa shape index (κ1) is 10.4. The van der Waals surface area contributed by atoms with E-state index in [2.05, 4.69) is 14.1 Å². The maximum absolute atomic E-state index is 9.78. The lowest BCUT2D eigenvalue weighted by molar-refractivity contribution is -0.0100. The zero-order valence-corrected chi connectivity index (χ0v) is 9.24. The lowest BCUT2D eigenvalue weighted by Crippen LogP contribution is -2.41. The molecule has 0 spiro atoms. The van der Waals surface area contributed by atoms with E-state index in [-0.39, 0.29) is 0 Å². The fourth-order valence-corrected chi connectivity index (χ4v) is 2.19. The summed E-state index contributed by atoms with van der Waals surface area (Å²) >= 11 is 0. The molecule has 1 aliphatic rings. The van der Waals surface area contributed by atoms with Crippen molar-refractivity contribution in [1.82, 2.24) is 4.90 Å². The highest BCUT2D eigenvalue weighted by atomic mass is 31.0. The van der Waals surface area contributed by atoms with Crippen LogP contribution in [0, 0.1) is 5.92 Å². The summed E-state index contributed by atoms with van der Waals surface area (Å²) in [5.74, 6) is 0.491. The molecule has 0 amide bonds. The van der Waals surface area contributed by atoms with E-state index in [0.29, 0.717) is 5.92 Å². The normalized spacial score (nSPS) is 23.0. The van der Waals surface area contributed by atoms with Gasteiger partial charge in [0.05, 0.1) is 5.60 Å². The molecule has 72 valence electrons. The van der Waals surface area contributed by atoms with Crippen molar-refractivity contribution in [3.8, 4) is 0 Å². The van der Waals surface area contributed by atoms with Crippen LogP contribution in [0.5, 0.6) is 0 Å². The van der Waals surface area contributed by atoms with E-state index in [1.807, 2.05) is 13.8 Å². The molecule has 1 atom stereocenters. The third-order valence-electron chi connectivity index (χ3n) is 2.84. The van der Waals surface area contributed by atoms with E-state index < -0.39 is 5.60 Å². The van der Waals surface area contributed by atoms with Gasteiger partial charge in [-0.25, -0.2) is 0 Å². The number of likely N-dealkylation sites (tertiary alicyclic amines) is 1. The molecule has 2 nitrogen and oxygen atoms in total. The van der Waals surface area contributed by atoms with Gasteiger partial charge in [0.2, 0.25) is 0 Å². The first-order chi connectivity index (χ1) is 5.54. The fourth-order valence-electron chi connectivity index (χ4n) is 1.82. The third-order valence-corrected chi connectivity index (χ3v) is 3.36. The van der Waals surface area contributed by atoms with Crippen molar-refractivity contribution in [3.05, 3.63) is 0 Å². The number of rotatable bonds is 2. The van der Waals surface area contributed by atoms with Gasteiger partial charge in [-0.1, -0.05) is 0 Å². The summed E-state index contributed by atoms with van der Waals surface area (Å²) in [4.78, 5) is 2.41. The number of hydrogen-bond donors (Lipinski definition) is 1. The molecule has 12 heavy (non-hydrogen) atoms. The van der Waals surface area contributed by atoms with E-state index in [4.69, 9.17) is 0 Å². The summed E-state index contributed by atoms with van der Waals surface area (Å²) in [5, 5.41) is 9.78. The van der Waals surface area contributed by atoms with Crippen molar-refractivity contribution in [3.63, 3.8) is 0 Å². The van der Waals surface area contributed by atoms with Crippen LogP contribution in [0.4, 0.5) is 0 Å². The van der Waals surface area contributed by atoms with Gasteiger partial charge in [-0.2, -0.15) is 0 Å². The maximum Gasteiger partial charge on any atom is 0.0620 e. The van der Waals surface area contributed by atoms with Gasteiger partial charge in [0.25, 0.3) is 0 Å². The largest absolute Gasteiger partial charge is 0.390 e. The fraction of sp³-hybridized carbons (Fsp3) is 1.00. The molecule has 0 aromatic heterocycles. The molecule has 1 heterocycles. The Labute approximate surface area is 77.5 Å². The molecule has 0 radical (unpaired) electrons. The van der Waals surface area contributed by atoms with Crippen LogP contribution in [0.1, 0.15) is 26.7 Å². The smallest absolute Gasteiger partial charge is 0.0620 e. The quantitative estimate of drug-likeness (QED) is 0.662. The zero-order valence-electron chi connectivity index (χ0n) is 8.08. The van der Waals surface area contributed by atoms with Crippen LogP contribution in [-0.2, 0) is 0 Å². The van der Waals surface area contributed by atoms with E-state index in [1.165, 1.54) is 0 Å². The molecule has 1 aliphatic heterocycles. The molecule has 0 aliphatic carbocycles. The topological polar surface area (TPSA) is 23.5 Å². The summed E-state index contributed by atoms with van der Waals surface area (Å²) in [6, 6.07) is 0. The predicted octanol–water partition coefficient (Wildman–Crippen LogP) is 1.30. The second-order valence-corrected chi connectivity index (χ2v) is 4.59. The molecule has 1 unspecified atom stereocenters. The molecule has 0 bridgehead atoms. The number of hydrogen-bond acceptors (Lipinski definition) is 2. The van der Waals surface area contributed by atoms with Gasteiger partial charge >= 0.3 is 0 Å². The van der Waals surface area contributed by atoms with Crippen LogP contribution in [0.2, 0.25) is 0 Å². The first-order valence-electron chi connectivity index (χ1n) is 4.69. The molecule has 1 saturated heterocycles. The molecule has 0 aromatic carbocycles. The molecule has 1 N–H and O–H groups in total. The van der Waals surface area contributed by atoms with Crippen molar-refractivity contribution in [2.45, 2.75) is 32.3 Å². The molecule has 1 rings (SSSR count). The Kier molecular flexibility index (Phi) is 3.51. The Bertz CT molecular complexity index is 136. The average molecular weight is 189 g/mol. The molecular formula is C9H20NOP. The number of nitrogens with zero attached hydrogens (tertiary/aromatic N) is 1. The first-order valence-corrected chi connectivity index (χ1v) is 5.50. The minimum Gasteiger partial charge on any atom is -0.390 e. The van der Waals surface area contributed by atoms with Gasteiger partial charge in [0, 0.05) is 6.29 Å². The van der Waals surface area contributed by atoms with Crippen LogP contribution >= 0.6 is 9.24 Å². The van der Waals surface area contributed by atoms with Gasteiger partial charge in [0.1, 0.15) is 0 Å². The van der Waals surface area contributed by atoms with E-state index >= 15 is 0 Å². The Hall–Kier alpha value is 0.350. The Morgan fingerprint density at radius 3 is 2.25 bits per heavy atom. The third kappa shape index (κ3) is 2.69. The van der Waals surface area contributed by atoms with Gasteiger partial charge < -0.3 is 5.11 Å². The van der Waals surface area contributed by atoms with Crippen molar-refractivity contribution in [1.29, 1.82) is 0 Å². The minimum atomic E-state index is -0.479. The lowest BCUT2D eigenvalue weighted by atomic mass is 9.83. The van der Waals surface area contributed by atoms with Crippen LogP contribution in [0.25, 0.3) is 0 Å². The maximum atomic E-state index is 9.78. The van der Waals surface area contributed by atoms with E-state index in [9.17, 15) is 5.11 Å². The summed E-state index contributed by atoms with van der Waals surface area (Å²) in [6.07, 6.45) is 3.34. The molecule has 1 fully saturated rings. The summed E-state index contributed by atoms with van der Waals surface area (Å²) in [7, 11) is 2.75. The highest BCUT2D eigenvalue weighted by Gasteiger charge is 2.29. The molecule has 0 aromatic rings. The lowest BCUT2D eigenvalue weighted by Gasteiger charge is -2.37. The van der Waals surface area contributed by atoms with Crippen molar-refractivity contribution < 1.29 is 5.11 Å². The van der Waals surface area contributed by atoms with E-state index in [0.717, 1.165) is 32.2 Å². The van der Waals surface area contributed by atoms with Crippen LogP contribution in [0.15, 0.2) is 0 Å². The standard InChI is InChI=1S/C9H20NOP/c1-9(2,11)8-3-5-10(7-12)6-4-8/h8,11H,3-7,12H2,1-2H3. The monoisotopic (exact) mass is 189 g/mol. The number of piperidine rings is 1. The SMILES string of the molecule is CC(C)(O)C1CCN(CP)CC1. The molecule has 3 heteroatoms. The molecule has 0 saturated carbocycles. The van der Waals surface area contributed by atoms with Gasteiger partial charge in [-0.3, -0.25) is 4.90 Å². The number of aliphatic hydroxyl groups is 1. The van der Waals surface area contributed by atoms with E-state index in [1.54, 1.807) is 0 Å². The van der Waals surface area contributed by atoms with Crippen molar-refractivity contribution in [2.24, 2.45) is 5.92 Å². The van der Waals surface area contributed by atoms with Gasteiger partial charge in [-0.15, -0.1) is 9.24 Å². The van der Waals surface area contributed by atoms with Crippen molar-refractivity contribution >= 4 is 9.24 Å². The molecular weight excluding hydrogens is 169 g/mol. The summed E-state index contributed by atoms with van der Waals surface area (Å²) < 4.78 is 0. The highest BCUT2D eigenvalue weighted by molar-refractivity contribution is 7.16. The van der Waals surface area contributed by atoms with Crippen LogP contribution < -0.4 is 0 Å². The van der Waals surface area contributed by atoms with Crippen LogP contribution in [-0.4, -0.2) is 35.0 Å². The summed E-state index contributed by atoms with van der Waals surface area (Å²) in [6.45, 7) is 6.12. The Morgan fingerprint density at radius 2 is 1.92 bits per heavy atom. The highest BCUT2D eigenvalue weighted by Crippen LogP contribution is 2.27. The predicted molar refractivity (Wildman–Crippen MR) is 55.2 cm³/mol. The van der Waals surface area contributed by atoms with Gasteiger partial charge in [0.15, 0.2) is 0 Å². The Balaban J connectivity index is 2.36. The second-order valence-electron chi connectivity index (χ2n) is 4.23. The average Bonchev–Trinajstić information content (AvgIpc) is 2.03. The van der Waals surface area contributed by atoms with Crippen LogP contribution in [0.3, 0.4) is 0 Å². The summed E-state index contributed by atoms with van der Waals surface area (Å²) in [5.41, 5.74) is -0.479. The van der Waals surface area contributed by atoms with Crippen molar-refractivity contribution in [2.75, 3.05) is 19.4 Å². The minimum absolute atomic E-state index is 0.479. The van der Waals surface area contributed by atoms with Gasteiger partial charge in [-0.05, 0) is 45.7 Å². The Morgan fingerprint density at radius 1 is 1.42 bits per heavy atom. The zero-order chi connectivity index (χ0) is 9.19.